The minimum atomic E-state index is -0.620. The Morgan fingerprint density at radius 2 is 2.07 bits per heavy atom. The van der Waals surface area contributed by atoms with Gasteiger partial charge in [0.25, 0.3) is 0 Å². The van der Waals surface area contributed by atoms with Crippen molar-refractivity contribution in [1.29, 1.82) is 0 Å². The Hall–Kier alpha value is -1.60. The summed E-state index contributed by atoms with van der Waals surface area (Å²) in [6, 6.07) is 9.96. The predicted octanol–water partition coefficient (Wildman–Crippen LogP) is 1.04. The van der Waals surface area contributed by atoms with Gasteiger partial charge in [-0.25, -0.2) is 19.4 Å². The third-order valence-electron chi connectivity index (χ3n) is 3.80. The monoisotopic (exact) mass is 426 g/mol. The first-order valence-electron chi connectivity index (χ1n) is 7.70. The molecule has 2 aliphatic heterocycles. The van der Waals surface area contributed by atoms with Gasteiger partial charge in [-0.05, 0) is 24.3 Å². The van der Waals surface area contributed by atoms with E-state index in [0.29, 0.717) is 16.3 Å². The summed E-state index contributed by atoms with van der Waals surface area (Å²) in [6.07, 6.45) is 2.77. The second-order valence-electron chi connectivity index (χ2n) is 5.56. The SMILES string of the molecule is O=[N+]([O-])c1cc(C2=NC3=CN=CN(O)C3S2)ccc1Oc1ccccc1F.[H-].[K+]. The molecule has 0 saturated heterocycles. The Kier molecular flexibility index (Phi) is 6.65. The van der Waals surface area contributed by atoms with Gasteiger partial charge in [0, 0.05) is 11.6 Å². The van der Waals surface area contributed by atoms with Crippen LogP contribution in [0.4, 0.5) is 10.1 Å². The first-order chi connectivity index (χ1) is 13.0. The van der Waals surface area contributed by atoms with Gasteiger partial charge in [0.1, 0.15) is 11.4 Å². The van der Waals surface area contributed by atoms with Crippen LogP contribution in [0.2, 0.25) is 0 Å². The molecular formula is C17H12FKN4O4S. The third-order valence-corrected chi connectivity index (χ3v) is 5.03. The van der Waals surface area contributed by atoms with Gasteiger partial charge in [0.2, 0.25) is 5.75 Å². The number of halogens is 1. The van der Waals surface area contributed by atoms with E-state index >= 15 is 0 Å². The van der Waals surface area contributed by atoms with Crippen molar-refractivity contribution in [2.75, 3.05) is 0 Å². The zero-order chi connectivity index (χ0) is 19.0. The van der Waals surface area contributed by atoms with Crippen LogP contribution in [0.3, 0.4) is 0 Å². The largest absolute Gasteiger partial charge is 1.00 e. The fraction of sp³-hybridized carbons (Fsp3) is 0.0588. The molecule has 0 saturated carbocycles. The van der Waals surface area contributed by atoms with Gasteiger partial charge >= 0.3 is 57.1 Å². The second kappa shape index (κ2) is 8.82. The Balaban J connectivity index is 0.00000150. The maximum atomic E-state index is 13.8. The van der Waals surface area contributed by atoms with Gasteiger partial charge in [-0.2, -0.15) is 0 Å². The number of nitro benzene ring substituents is 1. The third kappa shape index (κ3) is 4.20. The quantitative estimate of drug-likeness (QED) is 0.445. The average molecular weight is 426 g/mol. The van der Waals surface area contributed by atoms with Gasteiger partial charge in [-0.3, -0.25) is 15.3 Å². The van der Waals surface area contributed by atoms with E-state index in [1.807, 2.05) is 0 Å². The fourth-order valence-corrected chi connectivity index (χ4v) is 3.57. The molecule has 0 bridgehead atoms. The number of thioether (sulfide) groups is 1. The standard InChI is InChI=1S/C17H11FN4O4S.K.H/c18-11-3-1-2-4-14(11)26-15-6-5-10(7-13(15)22(24)25)16-20-12-8-19-9-21(23)17(12)27-16;;/h1-9,17,23H;;/q;+1;-1. The average Bonchev–Trinajstić information content (AvgIpc) is 3.09. The molecule has 138 valence electrons. The number of nitro groups is 1. The first kappa shape index (κ1) is 21.1. The van der Waals surface area contributed by atoms with Crippen LogP contribution < -0.4 is 56.1 Å². The summed E-state index contributed by atoms with van der Waals surface area (Å²) in [5.41, 5.74) is 0.700. The molecule has 0 aromatic heterocycles. The van der Waals surface area contributed by atoms with Crippen molar-refractivity contribution in [2.45, 2.75) is 5.37 Å². The topological polar surface area (TPSA) is 101 Å². The molecule has 0 spiro atoms. The Morgan fingerprint density at radius 1 is 1.29 bits per heavy atom. The molecule has 8 nitrogen and oxygen atoms in total. The van der Waals surface area contributed by atoms with Crippen LogP contribution in [-0.4, -0.2) is 31.9 Å². The second-order valence-corrected chi connectivity index (χ2v) is 6.63. The summed E-state index contributed by atoms with van der Waals surface area (Å²) >= 11 is 1.23. The number of para-hydroxylation sites is 1. The molecule has 2 aromatic rings. The molecule has 2 heterocycles. The van der Waals surface area contributed by atoms with E-state index in [2.05, 4.69) is 9.98 Å². The zero-order valence-electron chi connectivity index (χ0n) is 15.5. The molecule has 2 aromatic carbocycles. The summed E-state index contributed by atoms with van der Waals surface area (Å²) in [5, 5.41) is 22.2. The number of ether oxygens (including phenoxy) is 1. The molecule has 0 amide bonds. The molecule has 0 radical (unpaired) electrons. The van der Waals surface area contributed by atoms with Crippen LogP contribution in [0.15, 0.2) is 64.3 Å². The minimum absolute atomic E-state index is 0. The van der Waals surface area contributed by atoms with E-state index in [1.54, 1.807) is 12.1 Å². The van der Waals surface area contributed by atoms with Crippen molar-refractivity contribution in [3.63, 3.8) is 0 Å². The van der Waals surface area contributed by atoms with Crippen LogP contribution in [0.5, 0.6) is 11.5 Å². The number of rotatable bonds is 4. The summed E-state index contributed by atoms with van der Waals surface area (Å²) in [6.45, 7) is 0. The smallest absolute Gasteiger partial charge is 1.00 e. The van der Waals surface area contributed by atoms with Crippen LogP contribution in [0.1, 0.15) is 6.99 Å². The van der Waals surface area contributed by atoms with E-state index in [9.17, 15) is 19.7 Å². The molecule has 2 aliphatic rings. The first-order valence-corrected chi connectivity index (χ1v) is 8.58. The van der Waals surface area contributed by atoms with Crippen molar-refractivity contribution >= 4 is 28.8 Å². The molecular weight excluding hydrogens is 414 g/mol. The summed E-state index contributed by atoms with van der Waals surface area (Å²) in [5.74, 6) is -0.808. The summed E-state index contributed by atoms with van der Waals surface area (Å²) < 4.78 is 19.2. The van der Waals surface area contributed by atoms with Gasteiger partial charge in [-0.1, -0.05) is 23.9 Å². The molecule has 0 aliphatic carbocycles. The Labute approximate surface area is 206 Å². The maximum Gasteiger partial charge on any atom is 1.00 e. The van der Waals surface area contributed by atoms with E-state index in [0.717, 1.165) is 5.06 Å². The van der Waals surface area contributed by atoms with Gasteiger partial charge in [0.05, 0.1) is 16.8 Å². The number of hydrogen-bond acceptors (Lipinski definition) is 8. The van der Waals surface area contributed by atoms with Crippen LogP contribution in [-0.2, 0) is 0 Å². The number of hydroxylamine groups is 2. The van der Waals surface area contributed by atoms with Crippen molar-refractivity contribution in [3.8, 4) is 11.5 Å². The van der Waals surface area contributed by atoms with E-state index in [-0.39, 0.29) is 70.0 Å². The predicted molar refractivity (Wildman–Crippen MR) is 98.8 cm³/mol. The van der Waals surface area contributed by atoms with Crippen LogP contribution >= 0.6 is 11.8 Å². The Morgan fingerprint density at radius 3 is 2.79 bits per heavy atom. The molecule has 0 fully saturated rings. The zero-order valence-corrected chi connectivity index (χ0v) is 18.5. The molecule has 11 heteroatoms. The van der Waals surface area contributed by atoms with Crippen molar-refractivity contribution in [2.24, 2.45) is 9.98 Å². The van der Waals surface area contributed by atoms with Gasteiger partial charge < -0.3 is 6.16 Å². The number of aliphatic imine (C=N–C) groups is 2. The Bertz CT molecular complexity index is 1040. The fourth-order valence-electron chi connectivity index (χ4n) is 2.54. The summed E-state index contributed by atoms with van der Waals surface area (Å²) in [7, 11) is 0. The van der Waals surface area contributed by atoms with Crippen LogP contribution in [0.25, 0.3) is 0 Å². The molecule has 1 unspecified atom stereocenters. The molecule has 1 atom stereocenters. The van der Waals surface area contributed by atoms with Crippen LogP contribution in [0, 0.1) is 15.9 Å². The number of benzene rings is 2. The van der Waals surface area contributed by atoms with Crippen molar-refractivity contribution < 1.29 is 72.1 Å². The molecule has 28 heavy (non-hydrogen) atoms. The maximum absolute atomic E-state index is 13.8. The number of fused-ring (bicyclic) bond motifs is 1. The molecule has 1 N–H and O–H groups in total. The number of nitrogens with zero attached hydrogens (tertiary/aromatic N) is 4. The van der Waals surface area contributed by atoms with E-state index < -0.39 is 16.1 Å². The van der Waals surface area contributed by atoms with Crippen molar-refractivity contribution in [1.82, 2.24) is 5.06 Å². The van der Waals surface area contributed by atoms with E-state index in [4.69, 9.17) is 4.74 Å². The summed E-state index contributed by atoms with van der Waals surface area (Å²) in [4.78, 5) is 19.1. The molecule has 4 rings (SSSR count). The van der Waals surface area contributed by atoms with E-state index in [1.165, 1.54) is 54.6 Å². The van der Waals surface area contributed by atoms with Gasteiger partial charge in [0.15, 0.2) is 16.9 Å². The normalized spacial score (nSPS) is 17.4. The minimum Gasteiger partial charge on any atom is -1.00 e. The van der Waals surface area contributed by atoms with Gasteiger partial charge in [-0.15, -0.1) is 0 Å². The number of hydrogen-bond donors (Lipinski definition) is 1. The van der Waals surface area contributed by atoms with Crippen molar-refractivity contribution in [3.05, 3.63) is 75.9 Å².